The standard InChI is InChI=1S/C10H14O2/c11-8-4-5-12-10-7-3-1-2-6(7)9(8)10/h6-7,9-10H,1-5H2. The van der Waals surface area contributed by atoms with Crippen LogP contribution >= 0.6 is 0 Å². The van der Waals surface area contributed by atoms with Crippen molar-refractivity contribution in [1.29, 1.82) is 0 Å². The molecular weight excluding hydrogens is 152 g/mol. The highest BCUT2D eigenvalue weighted by atomic mass is 16.5. The van der Waals surface area contributed by atoms with Gasteiger partial charge in [0.15, 0.2) is 0 Å². The van der Waals surface area contributed by atoms with E-state index in [0.29, 0.717) is 36.8 Å². The van der Waals surface area contributed by atoms with E-state index < -0.39 is 0 Å². The van der Waals surface area contributed by atoms with Gasteiger partial charge in [0, 0.05) is 12.3 Å². The third kappa shape index (κ3) is 0.717. The van der Waals surface area contributed by atoms with E-state index in [1.54, 1.807) is 0 Å². The third-order valence-electron chi connectivity index (χ3n) is 3.89. The minimum absolute atomic E-state index is 0.311. The molecule has 0 N–H and O–H groups in total. The Morgan fingerprint density at radius 1 is 1.25 bits per heavy atom. The summed E-state index contributed by atoms with van der Waals surface area (Å²) >= 11 is 0. The van der Waals surface area contributed by atoms with E-state index in [2.05, 4.69) is 0 Å². The summed E-state index contributed by atoms with van der Waals surface area (Å²) in [5, 5.41) is 0. The normalized spacial score (nSPS) is 51.2. The van der Waals surface area contributed by atoms with Gasteiger partial charge in [-0.3, -0.25) is 4.79 Å². The van der Waals surface area contributed by atoms with Gasteiger partial charge in [-0.2, -0.15) is 0 Å². The maximum Gasteiger partial charge on any atom is 0.141 e. The molecule has 0 aromatic carbocycles. The zero-order valence-electron chi connectivity index (χ0n) is 7.16. The fourth-order valence-electron chi connectivity index (χ4n) is 3.35. The van der Waals surface area contributed by atoms with Gasteiger partial charge in [-0.25, -0.2) is 0 Å². The summed E-state index contributed by atoms with van der Waals surface area (Å²) in [5.74, 6) is 2.25. The maximum absolute atomic E-state index is 11.5. The van der Waals surface area contributed by atoms with E-state index >= 15 is 0 Å². The van der Waals surface area contributed by atoms with Crippen LogP contribution in [0.25, 0.3) is 0 Å². The minimum Gasteiger partial charge on any atom is -0.377 e. The summed E-state index contributed by atoms with van der Waals surface area (Å²) in [6, 6.07) is 0. The van der Waals surface area contributed by atoms with Crippen molar-refractivity contribution in [2.45, 2.75) is 31.8 Å². The molecule has 2 aliphatic carbocycles. The number of carbonyl (C=O) groups excluding carboxylic acids is 1. The van der Waals surface area contributed by atoms with Gasteiger partial charge < -0.3 is 4.74 Å². The summed E-state index contributed by atoms with van der Waals surface area (Å²) in [7, 11) is 0. The third-order valence-corrected chi connectivity index (χ3v) is 3.89. The molecule has 4 atom stereocenters. The van der Waals surface area contributed by atoms with E-state index in [4.69, 9.17) is 4.74 Å². The predicted molar refractivity (Wildman–Crippen MR) is 43.7 cm³/mol. The molecule has 0 radical (unpaired) electrons. The Bertz CT molecular complexity index is 224. The SMILES string of the molecule is O=C1CCOC2C3CCCC3C12. The molecule has 4 unspecified atom stereocenters. The summed E-state index contributed by atoms with van der Waals surface area (Å²) in [4.78, 5) is 11.5. The first kappa shape index (κ1) is 7.07. The number of ether oxygens (including phenoxy) is 1. The molecule has 66 valence electrons. The van der Waals surface area contributed by atoms with Crippen LogP contribution in [0, 0.1) is 17.8 Å². The lowest BCUT2D eigenvalue weighted by Crippen LogP contribution is -2.56. The predicted octanol–water partition coefficient (Wildman–Crippen LogP) is 1.39. The molecule has 0 amide bonds. The van der Waals surface area contributed by atoms with Crippen LogP contribution in [-0.4, -0.2) is 18.5 Å². The van der Waals surface area contributed by atoms with Gasteiger partial charge in [-0.1, -0.05) is 6.42 Å². The fourth-order valence-corrected chi connectivity index (χ4v) is 3.35. The zero-order valence-corrected chi connectivity index (χ0v) is 7.16. The van der Waals surface area contributed by atoms with Crippen LogP contribution in [0.4, 0.5) is 0 Å². The molecule has 12 heavy (non-hydrogen) atoms. The Morgan fingerprint density at radius 2 is 2.08 bits per heavy atom. The molecule has 3 rings (SSSR count). The number of hydrogen-bond donors (Lipinski definition) is 0. The summed E-state index contributed by atoms with van der Waals surface area (Å²) in [5.41, 5.74) is 0. The number of fused-ring (bicyclic) bond motifs is 4. The molecule has 0 spiro atoms. The smallest absolute Gasteiger partial charge is 0.141 e. The Hall–Kier alpha value is -0.370. The van der Waals surface area contributed by atoms with Gasteiger partial charge in [0.1, 0.15) is 5.78 Å². The molecule has 1 aliphatic heterocycles. The number of Topliss-reactive ketones (excluding diaryl/α,β-unsaturated/α-hetero) is 1. The van der Waals surface area contributed by atoms with Crippen LogP contribution in [-0.2, 0) is 9.53 Å². The van der Waals surface area contributed by atoms with Crippen molar-refractivity contribution < 1.29 is 9.53 Å². The van der Waals surface area contributed by atoms with E-state index in [1.165, 1.54) is 19.3 Å². The van der Waals surface area contributed by atoms with Gasteiger partial charge >= 0.3 is 0 Å². The van der Waals surface area contributed by atoms with Gasteiger partial charge in [0.05, 0.1) is 12.7 Å². The van der Waals surface area contributed by atoms with Crippen molar-refractivity contribution in [3.63, 3.8) is 0 Å². The maximum atomic E-state index is 11.5. The molecule has 0 bridgehead atoms. The molecule has 1 saturated heterocycles. The number of rotatable bonds is 0. The Labute approximate surface area is 72.3 Å². The van der Waals surface area contributed by atoms with Crippen molar-refractivity contribution in [3.05, 3.63) is 0 Å². The topological polar surface area (TPSA) is 26.3 Å². The molecule has 2 heteroatoms. The van der Waals surface area contributed by atoms with Gasteiger partial charge in [0.2, 0.25) is 0 Å². The Balaban J connectivity index is 1.84. The van der Waals surface area contributed by atoms with Crippen molar-refractivity contribution >= 4 is 5.78 Å². The first-order valence-corrected chi connectivity index (χ1v) is 5.02. The van der Waals surface area contributed by atoms with E-state index in [-0.39, 0.29) is 0 Å². The van der Waals surface area contributed by atoms with E-state index in [9.17, 15) is 4.79 Å². The second-order valence-corrected chi connectivity index (χ2v) is 4.34. The van der Waals surface area contributed by atoms with Crippen LogP contribution in [0.3, 0.4) is 0 Å². The highest BCUT2D eigenvalue weighted by Crippen LogP contribution is 2.54. The van der Waals surface area contributed by atoms with Crippen molar-refractivity contribution in [2.24, 2.45) is 17.8 Å². The molecule has 2 saturated carbocycles. The van der Waals surface area contributed by atoms with Crippen LogP contribution < -0.4 is 0 Å². The zero-order chi connectivity index (χ0) is 8.13. The number of carbonyl (C=O) groups is 1. The average molecular weight is 166 g/mol. The van der Waals surface area contributed by atoms with Crippen LogP contribution in [0.5, 0.6) is 0 Å². The molecule has 1 heterocycles. The largest absolute Gasteiger partial charge is 0.377 e. The van der Waals surface area contributed by atoms with Gasteiger partial charge in [-0.15, -0.1) is 0 Å². The average Bonchev–Trinajstić information content (AvgIpc) is 2.43. The first-order valence-electron chi connectivity index (χ1n) is 5.02. The van der Waals surface area contributed by atoms with Crippen molar-refractivity contribution in [3.8, 4) is 0 Å². The monoisotopic (exact) mass is 166 g/mol. The molecular formula is C10H14O2. The first-order chi connectivity index (χ1) is 5.88. The highest BCUT2D eigenvalue weighted by molar-refractivity contribution is 5.84. The van der Waals surface area contributed by atoms with Crippen LogP contribution in [0.1, 0.15) is 25.7 Å². The van der Waals surface area contributed by atoms with E-state index in [1.807, 2.05) is 0 Å². The Kier molecular flexibility index (Phi) is 1.37. The molecule has 0 aromatic rings. The van der Waals surface area contributed by atoms with Crippen molar-refractivity contribution in [1.82, 2.24) is 0 Å². The molecule has 3 aliphatic rings. The summed E-state index contributed by atoms with van der Waals surface area (Å²) < 4.78 is 5.64. The van der Waals surface area contributed by atoms with E-state index in [0.717, 1.165) is 5.92 Å². The molecule has 2 nitrogen and oxygen atoms in total. The Morgan fingerprint density at radius 3 is 3.00 bits per heavy atom. The van der Waals surface area contributed by atoms with Crippen LogP contribution in [0.15, 0.2) is 0 Å². The second kappa shape index (κ2) is 2.32. The quantitative estimate of drug-likeness (QED) is 0.543. The number of hydrogen-bond acceptors (Lipinski definition) is 2. The summed E-state index contributed by atoms with van der Waals surface area (Å²) in [6.45, 7) is 0.684. The highest BCUT2D eigenvalue weighted by Gasteiger charge is 2.57. The fraction of sp³-hybridized carbons (Fsp3) is 0.900. The second-order valence-electron chi connectivity index (χ2n) is 4.34. The lowest BCUT2D eigenvalue weighted by molar-refractivity contribution is -0.174. The molecule has 3 fully saturated rings. The lowest BCUT2D eigenvalue weighted by Gasteiger charge is -2.50. The van der Waals surface area contributed by atoms with Crippen molar-refractivity contribution in [2.75, 3.05) is 6.61 Å². The minimum atomic E-state index is 0.311. The number of ketones is 1. The van der Waals surface area contributed by atoms with Crippen LogP contribution in [0.2, 0.25) is 0 Å². The van der Waals surface area contributed by atoms with Gasteiger partial charge in [0.25, 0.3) is 0 Å². The molecule has 0 aromatic heterocycles. The summed E-state index contributed by atoms with van der Waals surface area (Å²) in [6.07, 6.45) is 4.90. The van der Waals surface area contributed by atoms with Gasteiger partial charge in [-0.05, 0) is 24.7 Å². The lowest BCUT2D eigenvalue weighted by atomic mass is 9.61.